The van der Waals surface area contributed by atoms with Crippen molar-refractivity contribution in [2.45, 2.75) is 11.4 Å². The molecule has 0 saturated carbocycles. The molecule has 9 nitrogen and oxygen atoms in total. The number of hydrazone groups is 1. The number of hydrogen-bond acceptors (Lipinski definition) is 7. The van der Waals surface area contributed by atoms with Crippen LogP contribution in [-0.2, 0) is 21.4 Å². The Morgan fingerprint density at radius 3 is 2.48 bits per heavy atom. The van der Waals surface area contributed by atoms with E-state index in [1.165, 1.54) is 32.6 Å². The van der Waals surface area contributed by atoms with E-state index < -0.39 is 22.5 Å². The molecule has 10 heteroatoms. The van der Waals surface area contributed by atoms with Gasteiger partial charge < -0.3 is 9.47 Å². The number of ether oxygens (including phenoxy) is 2. The zero-order chi connectivity index (χ0) is 23.7. The Kier molecular flexibility index (Phi) is 8.11. The van der Waals surface area contributed by atoms with Gasteiger partial charge >= 0.3 is 0 Å². The van der Waals surface area contributed by atoms with Crippen molar-refractivity contribution >= 4 is 22.1 Å². The van der Waals surface area contributed by atoms with Crippen LogP contribution in [0.1, 0.15) is 11.3 Å². The number of sulfonamides is 1. The predicted octanol–water partition coefficient (Wildman–Crippen LogP) is 2.44. The number of aromatic nitrogens is 1. The molecule has 0 saturated heterocycles. The molecule has 0 radical (unpaired) electrons. The van der Waals surface area contributed by atoms with Crippen molar-refractivity contribution in [1.82, 2.24) is 14.7 Å². The number of hydrogen-bond donors (Lipinski definition) is 1. The lowest BCUT2D eigenvalue weighted by Gasteiger charge is -2.23. The van der Waals surface area contributed by atoms with Crippen molar-refractivity contribution in [3.63, 3.8) is 0 Å². The van der Waals surface area contributed by atoms with Gasteiger partial charge in [-0.15, -0.1) is 0 Å². The maximum atomic E-state index is 13.6. The van der Waals surface area contributed by atoms with Crippen molar-refractivity contribution in [3.8, 4) is 11.5 Å². The molecule has 0 unspecified atom stereocenters. The van der Waals surface area contributed by atoms with Gasteiger partial charge in [0.2, 0.25) is 10.0 Å². The standard InChI is InChI=1S/C23H24N4O5S/c1-31-20-11-12-21(32-2)22(14-20)33(29,30)27(16-18-8-4-3-5-9-18)17-23(28)26-25-15-19-10-6-7-13-24-19/h3-15H,16-17H2,1-2H3,(H,26,28)/b25-15+. The summed E-state index contributed by atoms with van der Waals surface area (Å²) >= 11 is 0. The average molecular weight is 469 g/mol. The summed E-state index contributed by atoms with van der Waals surface area (Å²) in [5, 5.41) is 3.86. The van der Waals surface area contributed by atoms with E-state index >= 15 is 0 Å². The first kappa shape index (κ1) is 23.9. The number of methoxy groups -OCH3 is 2. The van der Waals surface area contributed by atoms with Gasteiger partial charge in [-0.2, -0.15) is 9.41 Å². The molecule has 0 aliphatic carbocycles. The molecular formula is C23H24N4O5S. The Morgan fingerprint density at radius 1 is 1.06 bits per heavy atom. The van der Waals surface area contributed by atoms with Crippen molar-refractivity contribution in [1.29, 1.82) is 0 Å². The van der Waals surface area contributed by atoms with E-state index in [0.717, 1.165) is 4.31 Å². The van der Waals surface area contributed by atoms with Gasteiger partial charge in [-0.25, -0.2) is 13.8 Å². The largest absolute Gasteiger partial charge is 0.497 e. The first-order valence-corrected chi connectivity index (χ1v) is 11.4. The maximum absolute atomic E-state index is 13.6. The summed E-state index contributed by atoms with van der Waals surface area (Å²) in [5.74, 6) is -0.121. The molecule has 0 aliphatic heterocycles. The van der Waals surface area contributed by atoms with E-state index in [9.17, 15) is 13.2 Å². The highest BCUT2D eigenvalue weighted by molar-refractivity contribution is 7.89. The molecule has 0 aliphatic rings. The number of amides is 1. The molecule has 3 aromatic rings. The molecule has 1 amide bonds. The number of carbonyl (C=O) groups is 1. The van der Waals surface area contributed by atoms with Crippen LogP contribution in [0, 0.1) is 0 Å². The van der Waals surface area contributed by atoms with Crippen LogP contribution in [0.3, 0.4) is 0 Å². The Morgan fingerprint density at radius 2 is 1.82 bits per heavy atom. The molecule has 0 bridgehead atoms. The summed E-state index contributed by atoms with van der Waals surface area (Å²) in [7, 11) is -1.33. The predicted molar refractivity (Wildman–Crippen MR) is 124 cm³/mol. The van der Waals surface area contributed by atoms with Gasteiger partial charge in [0.25, 0.3) is 5.91 Å². The lowest BCUT2D eigenvalue weighted by atomic mass is 10.2. The zero-order valence-corrected chi connectivity index (χ0v) is 19.0. The second-order valence-corrected chi connectivity index (χ2v) is 8.73. The third kappa shape index (κ3) is 6.37. The van der Waals surface area contributed by atoms with Crippen LogP contribution in [0.4, 0.5) is 0 Å². The zero-order valence-electron chi connectivity index (χ0n) is 18.2. The van der Waals surface area contributed by atoms with E-state index in [0.29, 0.717) is 17.0 Å². The Labute approximate surface area is 192 Å². The normalized spacial score (nSPS) is 11.5. The van der Waals surface area contributed by atoms with E-state index in [-0.39, 0.29) is 17.2 Å². The van der Waals surface area contributed by atoms with Gasteiger partial charge in [0.1, 0.15) is 16.4 Å². The fraction of sp³-hybridized carbons (Fsp3) is 0.174. The number of pyridine rings is 1. The molecule has 1 aromatic heterocycles. The van der Waals surface area contributed by atoms with Gasteiger partial charge in [0.15, 0.2) is 0 Å². The number of rotatable bonds is 10. The van der Waals surface area contributed by atoms with Gasteiger partial charge in [-0.3, -0.25) is 9.78 Å². The van der Waals surface area contributed by atoms with Crippen LogP contribution < -0.4 is 14.9 Å². The molecule has 0 spiro atoms. The summed E-state index contributed by atoms with van der Waals surface area (Å²) in [4.78, 5) is 16.5. The van der Waals surface area contributed by atoms with Gasteiger partial charge in [0.05, 0.1) is 32.7 Å². The smallest absolute Gasteiger partial charge is 0.255 e. The van der Waals surface area contributed by atoms with Crippen LogP contribution >= 0.6 is 0 Å². The second kappa shape index (κ2) is 11.2. The first-order valence-electron chi connectivity index (χ1n) is 9.93. The molecule has 172 valence electrons. The third-order valence-electron chi connectivity index (χ3n) is 4.58. The highest BCUT2D eigenvalue weighted by atomic mass is 32.2. The van der Waals surface area contributed by atoms with Crippen LogP contribution in [0.25, 0.3) is 0 Å². The minimum Gasteiger partial charge on any atom is -0.497 e. The lowest BCUT2D eigenvalue weighted by Crippen LogP contribution is -2.39. The molecular weight excluding hydrogens is 444 g/mol. The van der Waals surface area contributed by atoms with Crippen molar-refractivity contribution in [2.24, 2.45) is 5.10 Å². The molecule has 1 N–H and O–H groups in total. The lowest BCUT2D eigenvalue weighted by molar-refractivity contribution is -0.121. The summed E-state index contributed by atoms with van der Waals surface area (Å²) in [6.45, 7) is -0.488. The molecule has 33 heavy (non-hydrogen) atoms. The molecule has 0 atom stereocenters. The van der Waals surface area contributed by atoms with Crippen molar-refractivity contribution in [2.75, 3.05) is 20.8 Å². The summed E-state index contributed by atoms with van der Waals surface area (Å²) in [5.41, 5.74) is 3.61. The van der Waals surface area contributed by atoms with Gasteiger partial charge in [-0.1, -0.05) is 36.4 Å². The average Bonchev–Trinajstić information content (AvgIpc) is 2.84. The minimum atomic E-state index is -4.14. The van der Waals surface area contributed by atoms with Crippen LogP contribution in [0.2, 0.25) is 0 Å². The molecule has 0 fully saturated rings. The summed E-state index contributed by atoms with van der Waals surface area (Å²) < 4.78 is 38.7. The maximum Gasteiger partial charge on any atom is 0.255 e. The van der Waals surface area contributed by atoms with Crippen LogP contribution in [0.5, 0.6) is 11.5 Å². The van der Waals surface area contributed by atoms with E-state index in [1.807, 2.05) is 6.07 Å². The van der Waals surface area contributed by atoms with E-state index in [4.69, 9.17) is 9.47 Å². The summed E-state index contributed by atoms with van der Waals surface area (Å²) in [6, 6.07) is 18.7. The Balaban J connectivity index is 1.87. The second-order valence-electron chi connectivity index (χ2n) is 6.82. The first-order chi connectivity index (χ1) is 15.9. The Bertz CT molecular complexity index is 1200. The quantitative estimate of drug-likeness (QED) is 0.362. The topological polar surface area (TPSA) is 110 Å². The number of benzene rings is 2. The summed E-state index contributed by atoms with van der Waals surface area (Å²) in [6.07, 6.45) is 2.97. The fourth-order valence-corrected chi connectivity index (χ4v) is 4.51. The van der Waals surface area contributed by atoms with Crippen LogP contribution in [-0.4, -0.2) is 50.6 Å². The number of nitrogens with one attached hydrogen (secondary N) is 1. The van der Waals surface area contributed by atoms with Gasteiger partial charge in [-0.05, 0) is 29.8 Å². The highest BCUT2D eigenvalue weighted by Gasteiger charge is 2.30. The molecule has 1 heterocycles. The highest BCUT2D eigenvalue weighted by Crippen LogP contribution is 2.31. The third-order valence-corrected chi connectivity index (χ3v) is 6.40. The molecule has 3 rings (SSSR count). The number of carbonyl (C=O) groups excluding carboxylic acids is 1. The van der Waals surface area contributed by atoms with E-state index in [2.05, 4.69) is 15.5 Å². The SMILES string of the molecule is COc1ccc(OC)c(S(=O)(=O)N(CC(=O)N/N=C/c2ccccn2)Cc2ccccc2)c1. The van der Waals surface area contributed by atoms with Crippen molar-refractivity contribution in [3.05, 3.63) is 84.2 Å². The Hall–Kier alpha value is -3.76. The fourth-order valence-electron chi connectivity index (χ4n) is 2.96. The van der Waals surface area contributed by atoms with Crippen molar-refractivity contribution < 1.29 is 22.7 Å². The van der Waals surface area contributed by atoms with Crippen LogP contribution in [0.15, 0.2) is 82.9 Å². The molecule has 2 aromatic carbocycles. The van der Waals surface area contributed by atoms with Gasteiger partial charge in [0, 0.05) is 18.8 Å². The minimum absolute atomic E-state index is 0.0269. The monoisotopic (exact) mass is 468 g/mol. The number of nitrogens with zero attached hydrogens (tertiary/aromatic N) is 3. The van der Waals surface area contributed by atoms with E-state index in [1.54, 1.807) is 54.7 Å².